The van der Waals surface area contributed by atoms with Gasteiger partial charge in [0.25, 0.3) is 0 Å². The van der Waals surface area contributed by atoms with Crippen LogP contribution in [-0.2, 0) is 0 Å². The zero-order chi connectivity index (χ0) is 15.4. The van der Waals surface area contributed by atoms with Gasteiger partial charge in [-0.15, -0.1) is 5.11 Å². The molecule has 106 valence electrons. The molecule has 0 N–H and O–H groups in total. The zero-order valence-corrected chi connectivity index (χ0v) is 22.4. The van der Waals surface area contributed by atoms with Crippen LogP contribution in [0, 0.1) is 17.3 Å². The van der Waals surface area contributed by atoms with Crippen molar-refractivity contribution in [3.05, 3.63) is 64.9 Å². The van der Waals surface area contributed by atoms with Crippen LogP contribution in [0.3, 0.4) is 0 Å². The van der Waals surface area contributed by atoms with Crippen LogP contribution in [0.4, 0.5) is 11.4 Å². The predicted molar refractivity (Wildman–Crippen MR) is 64.6 cm³/mol. The minimum absolute atomic E-state index is 0. The molecule has 0 aliphatic carbocycles. The van der Waals surface area contributed by atoms with Gasteiger partial charge < -0.3 is 43.2 Å². The monoisotopic (exact) mass is 374 g/mol. The smallest absolute Gasteiger partial charge is 0.596 e. The van der Waals surface area contributed by atoms with E-state index < -0.39 is 23.1 Å². The molecule has 0 saturated carbocycles. The topological polar surface area (TPSA) is 119 Å². The fraction of sp³-hybridized carbons (Fsp3) is 0. The van der Waals surface area contributed by atoms with E-state index in [2.05, 4.69) is 17.2 Å². The molecule has 0 aliphatic rings. The molecule has 0 spiro atoms. The molecule has 0 bridgehead atoms. The first-order valence-electron chi connectivity index (χ1n) is 5.61. The van der Waals surface area contributed by atoms with Crippen LogP contribution in [0.25, 0.3) is 0 Å². The molecular weight excluding hydrogens is 368 g/mol. The normalized spacial score (nSPS) is 9.36. The number of hydrogen-bond donors (Lipinski definition) is 0. The second-order valence-corrected chi connectivity index (χ2v) is 3.91. The third kappa shape index (κ3) is 9.51. The first kappa shape index (κ1) is 30.5. The molecule has 11 heteroatoms. The number of rotatable bonds is 4. The van der Waals surface area contributed by atoms with Gasteiger partial charge in [-0.2, -0.15) is 0 Å². The van der Waals surface area contributed by atoms with Crippen molar-refractivity contribution in [1.82, 2.24) is 0 Å². The minimum Gasteiger partial charge on any atom is -0.596 e. The van der Waals surface area contributed by atoms with E-state index in [0.717, 1.165) is 18.2 Å². The van der Waals surface area contributed by atoms with Crippen LogP contribution >= 0.6 is 0 Å². The first-order valence-corrected chi connectivity index (χ1v) is 5.61. The van der Waals surface area contributed by atoms with Crippen molar-refractivity contribution < 1.29 is 143 Å². The van der Waals surface area contributed by atoms with Crippen molar-refractivity contribution in [2.24, 2.45) is 5.11 Å². The quantitative estimate of drug-likeness (QED) is 0.173. The Balaban J connectivity index is -0.00000121. The van der Waals surface area contributed by atoms with Gasteiger partial charge in [0.05, 0.1) is 11.9 Å². The number of azo groups is 1. The molecule has 0 amide bonds. The van der Waals surface area contributed by atoms with Crippen molar-refractivity contribution in [3.8, 4) is 0 Å². The fourth-order valence-electron chi connectivity index (χ4n) is 1.52. The Morgan fingerprint density at radius 3 is 1.72 bits per heavy atom. The Morgan fingerprint density at radius 1 is 0.880 bits per heavy atom. The Morgan fingerprint density at radius 2 is 1.32 bits per heavy atom. The number of hydrogen-bond acceptors (Lipinski definition) is 6. The SMILES string of the molecule is O=C([O-])c1cc(C(=O)[O-])cc([N+]([O-])=Nc2c[c-]c[c-]c2)c1.[Na+].[Na+].[Na+].[Na+]. The van der Waals surface area contributed by atoms with Gasteiger partial charge >= 0.3 is 118 Å². The summed E-state index contributed by atoms with van der Waals surface area (Å²) in [7, 11) is 0. The van der Waals surface area contributed by atoms with Crippen LogP contribution in [0.1, 0.15) is 20.7 Å². The third-order valence-electron chi connectivity index (χ3n) is 2.45. The summed E-state index contributed by atoms with van der Waals surface area (Å²) in [6, 6.07) is 12.4. The largest absolute Gasteiger partial charge is 1.00 e. The molecule has 0 radical (unpaired) electrons. The summed E-state index contributed by atoms with van der Waals surface area (Å²) < 4.78 is 0. The van der Waals surface area contributed by atoms with Crippen molar-refractivity contribution in [1.29, 1.82) is 0 Å². The van der Waals surface area contributed by atoms with E-state index in [1.807, 2.05) is 0 Å². The average molecular weight is 374 g/mol. The van der Waals surface area contributed by atoms with Crippen LogP contribution < -0.4 is 128 Å². The number of aromatic carboxylic acids is 2. The summed E-state index contributed by atoms with van der Waals surface area (Å²) in [5.41, 5.74) is -0.982. The Labute approximate surface area is 232 Å². The standard InChI is InChI=1S/C14H8N2O5.4Na/c17-13(18)9-6-10(14(19)20)8-12(7-9)16(21)15-11-4-2-1-3-5-11;;;;/h1,4-8H,(H,17,18)(H,19,20);;;;/q-2;4*+1/p-2. The number of benzene rings is 2. The van der Waals surface area contributed by atoms with Gasteiger partial charge in [0.2, 0.25) is 5.69 Å². The zero-order valence-electron chi connectivity index (χ0n) is 14.4. The molecule has 0 unspecified atom stereocenters. The Hall–Kier alpha value is 0.780. The van der Waals surface area contributed by atoms with Gasteiger partial charge in [-0.25, -0.2) is 0 Å². The second-order valence-electron chi connectivity index (χ2n) is 3.91. The molecule has 2 aromatic rings. The molecule has 2 rings (SSSR count). The van der Waals surface area contributed by atoms with Gasteiger partial charge in [-0.05, 0) is 6.07 Å². The van der Waals surface area contributed by atoms with Gasteiger partial charge in [0, 0.05) is 23.3 Å². The summed E-state index contributed by atoms with van der Waals surface area (Å²) in [4.78, 5) is 21.7. The molecule has 0 aromatic heterocycles. The van der Waals surface area contributed by atoms with Crippen LogP contribution in [0.15, 0.2) is 41.5 Å². The third-order valence-corrected chi connectivity index (χ3v) is 2.45. The molecule has 2 aromatic carbocycles. The number of carbonyl (C=O) groups is 2. The van der Waals surface area contributed by atoms with Crippen molar-refractivity contribution >= 4 is 23.3 Å². The Kier molecular flexibility index (Phi) is 18.0. The van der Waals surface area contributed by atoms with Crippen LogP contribution in [-0.4, -0.2) is 16.8 Å². The van der Waals surface area contributed by atoms with Crippen molar-refractivity contribution in [3.63, 3.8) is 0 Å². The molecule has 0 saturated heterocycles. The van der Waals surface area contributed by atoms with Crippen LogP contribution in [0.2, 0.25) is 0 Å². The summed E-state index contributed by atoms with van der Waals surface area (Å²) in [5, 5.41) is 37.1. The molecular formula is C14H6N2Na4O5. The summed E-state index contributed by atoms with van der Waals surface area (Å²) in [6.45, 7) is 0. The van der Waals surface area contributed by atoms with Gasteiger partial charge in [0.15, 0.2) is 0 Å². The number of carboxylic acid groups (broad SMARTS) is 2. The van der Waals surface area contributed by atoms with E-state index in [4.69, 9.17) is 0 Å². The molecule has 0 heterocycles. The molecule has 0 fully saturated rings. The first-order chi connectivity index (χ1) is 9.97. The average Bonchev–Trinajstić information content (AvgIpc) is 2.47. The fourth-order valence-corrected chi connectivity index (χ4v) is 1.52. The number of carboxylic acids is 2. The predicted octanol–water partition coefficient (Wildman–Crippen LogP) is -12.0. The molecule has 7 nitrogen and oxygen atoms in total. The molecule has 25 heavy (non-hydrogen) atoms. The maximum atomic E-state index is 11.9. The van der Waals surface area contributed by atoms with Crippen LogP contribution in [0.5, 0.6) is 0 Å². The maximum absolute atomic E-state index is 11.9. The number of nitrogens with zero attached hydrogens (tertiary/aromatic N) is 2. The van der Waals surface area contributed by atoms with Crippen molar-refractivity contribution in [2.75, 3.05) is 0 Å². The molecule has 0 aliphatic heterocycles. The van der Waals surface area contributed by atoms with Crippen molar-refractivity contribution in [2.45, 2.75) is 0 Å². The van der Waals surface area contributed by atoms with Gasteiger partial charge in [-0.3, -0.25) is 12.1 Å². The molecule has 0 atom stereocenters. The minimum atomic E-state index is -1.62. The second kappa shape index (κ2) is 14.8. The number of carbonyl (C=O) groups excluding carboxylic acids is 2. The van der Waals surface area contributed by atoms with Gasteiger partial charge in [0.1, 0.15) is 0 Å². The van der Waals surface area contributed by atoms with E-state index in [1.54, 1.807) is 0 Å². The van der Waals surface area contributed by atoms with E-state index in [0.29, 0.717) is 0 Å². The van der Waals surface area contributed by atoms with E-state index in [9.17, 15) is 25.0 Å². The maximum Gasteiger partial charge on any atom is 1.00 e. The summed E-state index contributed by atoms with van der Waals surface area (Å²) in [5.74, 6) is -3.23. The van der Waals surface area contributed by atoms with Gasteiger partial charge in [-0.1, -0.05) is 10.5 Å². The van der Waals surface area contributed by atoms with E-state index >= 15 is 0 Å². The summed E-state index contributed by atoms with van der Waals surface area (Å²) >= 11 is 0. The van der Waals surface area contributed by atoms with E-state index in [1.165, 1.54) is 18.2 Å². The van der Waals surface area contributed by atoms with E-state index in [-0.39, 0.29) is 134 Å². The Bertz CT molecular complexity index is 709. The summed E-state index contributed by atoms with van der Waals surface area (Å²) in [6.07, 6.45) is 0.